The molecule has 19 heavy (non-hydrogen) atoms. The number of halogens is 1. The van der Waals surface area contributed by atoms with E-state index in [1.807, 2.05) is 0 Å². The fourth-order valence-electron chi connectivity index (χ4n) is 6.41. The van der Waals surface area contributed by atoms with Gasteiger partial charge in [-0.1, -0.05) is 13.8 Å². The van der Waals surface area contributed by atoms with Crippen LogP contribution in [0, 0.1) is 16.7 Å². The maximum absolute atomic E-state index is 2.55. The van der Waals surface area contributed by atoms with Crippen LogP contribution in [0.15, 0.2) is 18.7 Å². The molecule has 0 aromatic carbocycles. The van der Waals surface area contributed by atoms with Crippen LogP contribution in [0.1, 0.15) is 52.4 Å². The first kappa shape index (κ1) is 13.7. The molecule has 0 N–H and O–H groups in total. The zero-order chi connectivity index (χ0) is 12.6. The zero-order valence-electron chi connectivity index (χ0n) is 12.3. The Morgan fingerprint density at radius 2 is 1.68 bits per heavy atom. The number of rotatable bonds is 1. The second kappa shape index (κ2) is 3.87. The molecular weight excluding hydrogens is 300 g/mol. The third-order valence-corrected chi connectivity index (χ3v) is 5.91. The fourth-order valence-corrected chi connectivity index (χ4v) is 6.41. The van der Waals surface area contributed by atoms with E-state index in [9.17, 15) is 0 Å². The van der Waals surface area contributed by atoms with Gasteiger partial charge in [0.25, 0.3) is 0 Å². The van der Waals surface area contributed by atoms with Gasteiger partial charge in [-0.2, -0.15) is 0 Å². The Kier molecular flexibility index (Phi) is 2.78. The summed E-state index contributed by atoms with van der Waals surface area (Å²) in [5.41, 5.74) is 1.65. The third kappa shape index (κ3) is 1.91. The van der Waals surface area contributed by atoms with Gasteiger partial charge in [0.1, 0.15) is 17.9 Å². The molecule has 0 spiro atoms. The Bertz CT molecular complexity index is 489. The maximum atomic E-state index is 2.55. The van der Waals surface area contributed by atoms with E-state index in [1.165, 1.54) is 38.5 Å². The standard InChI is InChI=1S/C16H25N2.BrH/c1-14-6-13-7-15(2,9-14)11-16(8-13,10-14)18-5-4-17(3)12-18;/h4-5,12-13H,6-11H2,1-3H3;1H/q+1;/p-1. The van der Waals surface area contributed by atoms with Crippen LogP contribution in [-0.2, 0) is 12.6 Å². The largest absolute Gasteiger partial charge is 1.00 e. The van der Waals surface area contributed by atoms with Crippen LogP contribution >= 0.6 is 0 Å². The van der Waals surface area contributed by atoms with E-state index in [0.717, 1.165) is 5.92 Å². The molecule has 106 valence electrons. The van der Waals surface area contributed by atoms with E-state index in [1.54, 1.807) is 0 Å². The van der Waals surface area contributed by atoms with E-state index in [0.29, 0.717) is 16.4 Å². The summed E-state index contributed by atoms with van der Waals surface area (Å²) in [5, 5.41) is 0. The van der Waals surface area contributed by atoms with Crippen molar-refractivity contribution in [3.05, 3.63) is 18.7 Å². The van der Waals surface area contributed by atoms with Crippen LogP contribution in [0.3, 0.4) is 0 Å². The van der Waals surface area contributed by atoms with Gasteiger partial charge in [-0.3, -0.25) is 0 Å². The van der Waals surface area contributed by atoms with Crippen LogP contribution in [-0.4, -0.2) is 4.57 Å². The van der Waals surface area contributed by atoms with Crippen molar-refractivity contribution in [2.75, 3.05) is 0 Å². The predicted octanol–water partition coefficient (Wildman–Crippen LogP) is 0.0221. The number of imidazole rings is 1. The topological polar surface area (TPSA) is 8.81 Å². The molecule has 0 aliphatic heterocycles. The molecule has 0 radical (unpaired) electrons. The van der Waals surface area contributed by atoms with Gasteiger partial charge in [-0.05, 0) is 55.3 Å². The molecule has 1 aromatic heterocycles. The third-order valence-electron chi connectivity index (χ3n) is 5.91. The van der Waals surface area contributed by atoms with Crippen molar-refractivity contribution in [1.82, 2.24) is 4.57 Å². The number of hydrogen-bond donors (Lipinski definition) is 0. The lowest BCUT2D eigenvalue weighted by molar-refractivity contribution is -0.671. The number of aromatic nitrogens is 2. The summed E-state index contributed by atoms with van der Waals surface area (Å²) in [6.07, 6.45) is 15.5. The van der Waals surface area contributed by atoms with Gasteiger partial charge in [-0.25, -0.2) is 9.13 Å². The second-order valence-electron chi connectivity index (χ2n) is 8.34. The minimum Gasteiger partial charge on any atom is -1.00 e. The van der Waals surface area contributed by atoms with Crippen molar-refractivity contribution in [3.8, 4) is 0 Å². The van der Waals surface area contributed by atoms with E-state index < -0.39 is 0 Å². The first-order valence-corrected chi connectivity index (χ1v) is 7.44. The number of aryl methyl sites for hydroxylation is 1. The van der Waals surface area contributed by atoms with Crippen molar-refractivity contribution in [1.29, 1.82) is 0 Å². The summed E-state index contributed by atoms with van der Waals surface area (Å²) in [5.74, 6) is 0.976. The fraction of sp³-hybridized carbons (Fsp3) is 0.812. The van der Waals surface area contributed by atoms with Crippen LogP contribution < -0.4 is 21.5 Å². The molecule has 4 bridgehead atoms. The lowest BCUT2D eigenvalue weighted by Gasteiger charge is -2.63. The van der Waals surface area contributed by atoms with Gasteiger partial charge in [-0.15, -0.1) is 0 Å². The highest BCUT2D eigenvalue weighted by Crippen LogP contribution is 2.68. The van der Waals surface area contributed by atoms with E-state index in [4.69, 9.17) is 0 Å². The molecular formula is C16H25BrN2. The molecule has 4 aliphatic carbocycles. The molecule has 1 heterocycles. The van der Waals surface area contributed by atoms with E-state index in [-0.39, 0.29) is 17.0 Å². The Hall–Kier alpha value is -0.310. The highest BCUT2D eigenvalue weighted by molar-refractivity contribution is 5.13. The van der Waals surface area contributed by atoms with Gasteiger partial charge in [0, 0.05) is 0 Å². The van der Waals surface area contributed by atoms with Crippen molar-refractivity contribution in [2.45, 2.75) is 57.9 Å². The SMILES string of the molecule is C[n+]1ccn(C23CC4CC(C)(CC(C)(C4)C2)C3)c1.[Br-]. The molecule has 0 amide bonds. The molecule has 4 aliphatic rings. The van der Waals surface area contributed by atoms with Crippen LogP contribution in [0.4, 0.5) is 0 Å². The first-order chi connectivity index (χ1) is 8.41. The summed E-state index contributed by atoms with van der Waals surface area (Å²) in [6.45, 7) is 5.10. The van der Waals surface area contributed by atoms with Gasteiger partial charge < -0.3 is 17.0 Å². The zero-order valence-corrected chi connectivity index (χ0v) is 13.9. The average Bonchev–Trinajstić information content (AvgIpc) is 2.59. The summed E-state index contributed by atoms with van der Waals surface area (Å²) in [4.78, 5) is 0. The van der Waals surface area contributed by atoms with Crippen molar-refractivity contribution >= 4 is 0 Å². The molecule has 0 saturated heterocycles. The van der Waals surface area contributed by atoms with Gasteiger partial charge in [0.15, 0.2) is 0 Å². The van der Waals surface area contributed by atoms with Gasteiger partial charge in [0.2, 0.25) is 6.33 Å². The van der Waals surface area contributed by atoms with Crippen molar-refractivity contribution in [2.24, 2.45) is 23.8 Å². The average molecular weight is 325 g/mol. The lowest BCUT2D eigenvalue weighted by Crippen LogP contribution is -3.00. The van der Waals surface area contributed by atoms with Gasteiger partial charge >= 0.3 is 0 Å². The Morgan fingerprint density at radius 3 is 2.16 bits per heavy atom. The lowest BCUT2D eigenvalue weighted by atomic mass is 9.42. The van der Waals surface area contributed by atoms with Crippen molar-refractivity contribution < 1.29 is 21.5 Å². The van der Waals surface area contributed by atoms with Gasteiger partial charge in [0.05, 0.1) is 7.05 Å². The number of nitrogens with zero attached hydrogens (tertiary/aromatic N) is 2. The molecule has 5 rings (SSSR count). The summed E-state index contributed by atoms with van der Waals surface area (Å²) in [7, 11) is 2.14. The minimum atomic E-state index is 0. The highest BCUT2D eigenvalue weighted by Gasteiger charge is 2.62. The smallest absolute Gasteiger partial charge is 0.243 e. The minimum absolute atomic E-state index is 0. The molecule has 3 heteroatoms. The Labute approximate surface area is 127 Å². The van der Waals surface area contributed by atoms with Crippen molar-refractivity contribution in [3.63, 3.8) is 0 Å². The van der Waals surface area contributed by atoms with Crippen LogP contribution in [0.2, 0.25) is 0 Å². The van der Waals surface area contributed by atoms with E-state index >= 15 is 0 Å². The number of hydrogen-bond acceptors (Lipinski definition) is 0. The quantitative estimate of drug-likeness (QED) is 0.644. The maximum Gasteiger partial charge on any atom is 0.243 e. The molecule has 4 fully saturated rings. The second-order valence-corrected chi connectivity index (χ2v) is 8.34. The Morgan fingerprint density at radius 1 is 1.05 bits per heavy atom. The summed E-state index contributed by atoms with van der Waals surface area (Å²) >= 11 is 0. The normalized spacial score (nSPS) is 47.2. The Balaban J connectivity index is 0.00000110. The molecule has 4 saturated carbocycles. The molecule has 2 unspecified atom stereocenters. The predicted molar refractivity (Wildman–Crippen MR) is 71.0 cm³/mol. The monoisotopic (exact) mass is 324 g/mol. The molecule has 2 nitrogen and oxygen atoms in total. The van der Waals surface area contributed by atoms with Crippen LogP contribution in [0.25, 0.3) is 0 Å². The van der Waals surface area contributed by atoms with E-state index in [2.05, 4.69) is 48.8 Å². The highest BCUT2D eigenvalue weighted by atomic mass is 79.9. The first-order valence-electron chi connectivity index (χ1n) is 7.44. The summed E-state index contributed by atoms with van der Waals surface area (Å²) in [6, 6.07) is 0. The summed E-state index contributed by atoms with van der Waals surface area (Å²) < 4.78 is 4.75. The molecule has 1 aromatic rings. The van der Waals surface area contributed by atoms with Crippen LogP contribution in [0.5, 0.6) is 0 Å². The molecule has 2 atom stereocenters.